The monoisotopic (exact) mass is 581 g/mol. The maximum atomic E-state index is 11.9. The van der Waals surface area contributed by atoms with Gasteiger partial charge in [-0.15, -0.1) is 0 Å². The topological polar surface area (TPSA) is 109 Å². The summed E-state index contributed by atoms with van der Waals surface area (Å²) in [6, 6.07) is 15.8. The van der Waals surface area contributed by atoms with Gasteiger partial charge < -0.3 is 29.4 Å². The smallest absolute Gasteiger partial charge is 0.407 e. The molecule has 3 aliphatic heterocycles. The zero-order valence-electron chi connectivity index (χ0n) is 24.8. The average Bonchev–Trinajstić information content (AvgIpc) is 3.79. The minimum atomic E-state index is -0.981. The number of rotatable bonds is 7. The maximum Gasteiger partial charge on any atom is 0.407 e. The Balaban J connectivity index is 1.23. The van der Waals surface area contributed by atoms with Gasteiger partial charge in [0.2, 0.25) is 0 Å². The fourth-order valence-electron chi connectivity index (χ4n) is 7.21. The Morgan fingerprint density at radius 1 is 1.05 bits per heavy atom. The van der Waals surface area contributed by atoms with E-state index >= 15 is 0 Å². The van der Waals surface area contributed by atoms with E-state index in [-0.39, 0.29) is 6.42 Å². The van der Waals surface area contributed by atoms with Crippen LogP contribution in [-0.4, -0.2) is 89.4 Å². The van der Waals surface area contributed by atoms with Gasteiger partial charge in [-0.2, -0.15) is 15.2 Å². The molecule has 2 atom stereocenters. The van der Waals surface area contributed by atoms with Gasteiger partial charge in [0, 0.05) is 48.9 Å². The van der Waals surface area contributed by atoms with Crippen molar-refractivity contribution in [1.82, 2.24) is 19.8 Å². The highest BCUT2D eigenvalue weighted by Crippen LogP contribution is 2.46. The fourth-order valence-corrected chi connectivity index (χ4v) is 7.21. The highest BCUT2D eigenvalue weighted by atomic mass is 16.5. The third kappa shape index (κ3) is 5.42. The molecular formula is C33H39N7O3. The summed E-state index contributed by atoms with van der Waals surface area (Å²) in [4.78, 5) is 30.2. The van der Waals surface area contributed by atoms with E-state index in [1.54, 1.807) is 0 Å². The van der Waals surface area contributed by atoms with Crippen molar-refractivity contribution < 1.29 is 14.6 Å². The highest BCUT2D eigenvalue weighted by Gasteiger charge is 2.35. The second kappa shape index (κ2) is 11.5. The van der Waals surface area contributed by atoms with Gasteiger partial charge in [0.05, 0.1) is 30.8 Å². The van der Waals surface area contributed by atoms with Gasteiger partial charge in [0.1, 0.15) is 12.4 Å². The van der Waals surface area contributed by atoms with E-state index in [4.69, 9.17) is 14.7 Å². The molecule has 224 valence electrons. The van der Waals surface area contributed by atoms with Crippen LogP contribution in [-0.2, 0) is 13.0 Å². The van der Waals surface area contributed by atoms with E-state index in [0.29, 0.717) is 50.8 Å². The number of aromatic nitrogens is 2. The molecule has 7 rings (SSSR count). The van der Waals surface area contributed by atoms with Gasteiger partial charge in [0.15, 0.2) is 0 Å². The van der Waals surface area contributed by atoms with Crippen LogP contribution in [0.15, 0.2) is 36.4 Å². The number of anilines is 2. The number of hydrogen-bond donors (Lipinski definition) is 1. The first-order valence-electron chi connectivity index (χ1n) is 15.6. The van der Waals surface area contributed by atoms with Gasteiger partial charge in [-0.3, -0.25) is 0 Å². The summed E-state index contributed by atoms with van der Waals surface area (Å²) < 4.78 is 6.30. The summed E-state index contributed by atoms with van der Waals surface area (Å²) in [5.41, 5.74) is 4.77. The first-order chi connectivity index (χ1) is 21.0. The van der Waals surface area contributed by atoms with Crippen LogP contribution in [0.5, 0.6) is 6.01 Å². The quantitative estimate of drug-likeness (QED) is 0.427. The number of nitriles is 1. The second-order valence-corrected chi connectivity index (χ2v) is 12.4. The molecule has 0 spiro atoms. The summed E-state index contributed by atoms with van der Waals surface area (Å²) in [6.45, 7) is 4.37. The molecular weight excluding hydrogens is 542 g/mol. The van der Waals surface area contributed by atoms with E-state index < -0.39 is 12.1 Å². The molecule has 4 heterocycles. The SMILES string of the molecule is CN1CCCC1COc1nc2c(c(N3CCN(C(=O)O)C(CC#N)C3)n1)CCN(c1cccc3cccc(C4CC4)c13)C2. The standard InChI is InChI=1S/C33H39N7O3/c1-37-15-4-7-25(37)21-43-32-35-28-20-38(29-9-3-6-23-5-2-8-26(30(23)29)22-10-11-22)16-13-27(28)31(36-32)39-17-18-40(33(41)42)24(19-39)12-14-34/h2-3,5-6,8-9,22,24-25H,4,7,10-13,15-21H2,1H3,(H,41,42). The van der Waals surface area contributed by atoms with Gasteiger partial charge in [-0.25, -0.2) is 4.79 Å². The molecule has 0 bridgehead atoms. The lowest BCUT2D eigenvalue weighted by Crippen LogP contribution is -2.55. The molecule has 4 aliphatic rings. The molecule has 3 fully saturated rings. The van der Waals surface area contributed by atoms with E-state index in [9.17, 15) is 15.2 Å². The first kappa shape index (κ1) is 27.7. The molecule has 0 radical (unpaired) electrons. The van der Waals surface area contributed by atoms with Crippen LogP contribution < -0.4 is 14.5 Å². The van der Waals surface area contributed by atoms with Crippen molar-refractivity contribution in [2.75, 3.05) is 56.2 Å². The van der Waals surface area contributed by atoms with Crippen molar-refractivity contribution >= 4 is 28.4 Å². The normalized spacial score (nSPS) is 22.5. The molecule has 10 nitrogen and oxygen atoms in total. The molecule has 1 amide bonds. The fraction of sp³-hybridized carbons (Fsp3) is 0.515. The molecule has 1 aromatic heterocycles. The maximum absolute atomic E-state index is 11.9. The zero-order valence-corrected chi connectivity index (χ0v) is 24.8. The van der Waals surface area contributed by atoms with Crippen molar-refractivity contribution in [3.63, 3.8) is 0 Å². The number of carboxylic acid groups (broad SMARTS) is 1. The molecule has 1 saturated carbocycles. The van der Waals surface area contributed by atoms with E-state index in [0.717, 1.165) is 49.4 Å². The average molecular weight is 582 g/mol. The molecule has 1 aliphatic carbocycles. The van der Waals surface area contributed by atoms with Crippen LogP contribution in [0.25, 0.3) is 10.8 Å². The third-order valence-corrected chi connectivity index (χ3v) is 9.73. The number of benzene rings is 2. The Morgan fingerprint density at radius 3 is 2.63 bits per heavy atom. The lowest BCUT2D eigenvalue weighted by Gasteiger charge is -2.41. The molecule has 2 saturated heterocycles. The summed E-state index contributed by atoms with van der Waals surface area (Å²) in [5.74, 6) is 1.47. The minimum Gasteiger partial charge on any atom is -0.465 e. The Kier molecular flexibility index (Phi) is 7.43. The summed E-state index contributed by atoms with van der Waals surface area (Å²) in [6.07, 6.45) is 4.71. The highest BCUT2D eigenvalue weighted by molar-refractivity contribution is 5.97. The third-order valence-electron chi connectivity index (χ3n) is 9.73. The number of nitrogens with zero attached hydrogens (tertiary/aromatic N) is 7. The number of likely N-dealkylation sites (tertiary alicyclic amines) is 1. The Hall–Kier alpha value is -4.10. The van der Waals surface area contributed by atoms with Crippen molar-refractivity contribution in [2.24, 2.45) is 0 Å². The van der Waals surface area contributed by atoms with E-state index in [2.05, 4.69) is 64.2 Å². The van der Waals surface area contributed by atoms with Crippen molar-refractivity contribution in [3.05, 3.63) is 53.2 Å². The number of carbonyl (C=O) groups is 1. The zero-order chi connectivity index (χ0) is 29.5. The lowest BCUT2D eigenvalue weighted by molar-refractivity contribution is 0.119. The Labute approximate surface area is 252 Å². The van der Waals surface area contributed by atoms with Gasteiger partial charge in [0.25, 0.3) is 0 Å². The van der Waals surface area contributed by atoms with Crippen molar-refractivity contribution in [2.45, 2.75) is 63.1 Å². The number of likely N-dealkylation sites (N-methyl/N-ethyl adjacent to an activating group) is 1. The van der Waals surface area contributed by atoms with E-state index in [1.807, 2.05) is 0 Å². The number of hydrogen-bond acceptors (Lipinski definition) is 8. The van der Waals surface area contributed by atoms with Crippen LogP contribution >= 0.6 is 0 Å². The summed E-state index contributed by atoms with van der Waals surface area (Å²) >= 11 is 0. The minimum absolute atomic E-state index is 0.144. The van der Waals surface area contributed by atoms with Crippen molar-refractivity contribution in [3.8, 4) is 12.1 Å². The first-order valence-corrected chi connectivity index (χ1v) is 15.6. The number of fused-ring (bicyclic) bond motifs is 2. The predicted octanol–water partition coefficient (Wildman–Crippen LogP) is 4.63. The van der Waals surface area contributed by atoms with Gasteiger partial charge in [-0.1, -0.05) is 30.3 Å². The molecule has 2 aromatic carbocycles. The van der Waals surface area contributed by atoms with Crippen LogP contribution in [0.4, 0.5) is 16.3 Å². The van der Waals surface area contributed by atoms with E-state index in [1.165, 1.54) is 39.8 Å². The summed E-state index contributed by atoms with van der Waals surface area (Å²) in [7, 11) is 2.13. The molecule has 2 unspecified atom stereocenters. The van der Waals surface area contributed by atoms with Crippen LogP contribution in [0.3, 0.4) is 0 Å². The van der Waals surface area contributed by atoms with Gasteiger partial charge >= 0.3 is 12.1 Å². The number of ether oxygens (including phenoxy) is 1. The number of amides is 1. The Bertz CT molecular complexity index is 1560. The largest absolute Gasteiger partial charge is 0.465 e. The molecule has 43 heavy (non-hydrogen) atoms. The molecule has 10 heteroatoms. The van der Waals surface area contributed by atoms with Crippen LogP contribution in [0.1, 0.15) is 54.8 Å². The van der Waals surface area contributed by atoms with Gasteiger partial charge in [-0.05, 0) is 68.6 Å². The molecule has 1 N–H and O–H groups in total. The Morgan fingerprint density at radius 2 is 1.88 bits per heavy atom. The number of piperazine rings is 1. The summed E-state index contributed by atoms with van der Waals surface area (Å²) in [5, 5.41) is 21.8. The molecule has 3 aromatic rings. The predicted molar refractivity (Wildman–Crippen MR) is 165 cm³/mol. The van der Waals surface area contributed by atoms with Crippen molar-refractivity contribution in [1.29, 1.82) is 5.26 Å². The second-order valence-electron chi connectivity index (χ2n) is 12.4. The van der Waals surface area contributed by atoms with Crippen LogP contribution in [0, 0.1) is 11.3 Å². The van der Waals surface area contributed by atoms with Crippen LogP contribution in [0.2, 0.25) is 0 Å². The lowest BCUT2D eigenvalue weighted by atomic mass is 9.97.